The van der Waals surface area contributed by atoms with E-state index in [1.165, 1.54) is 17.2 Å². The topological polar surface area (TPSA) is 89.7 Å². The van der Waals surface area contributed by atoms with Crippen LogP contribution in [0.2, 0.25) is 0 Å². The lowest BCUT2D eigenvalue weighted by Crippen LogP contribution is -2.23. The minimum absolute atomic E-state index is 0.0965. The van der Waals surface area contributed by atoms with Crippen molar-refractivity contribution in [3.05, 3.63) is 70.0 Å². The Hall–Kier alpha value is -3.59. The van der Waals surface area contributed by atoms with E-state index in [0.29, 0.717) is 22.8 Å². The number of nitrogens with zero attached hydrogens (tertiary/aromatic N) is 5. The maximum Gasteiger partial charge on any atom is 0.278 e. The normalized spacial score (nSPS) is 15.8. The van der Waals surface area contributed by atoms with Crippen molar-refractivity contribution >= 4 is 22.7 Å². The fourth-order valence-electron chi connectivity index (χ4n) is 4.11. The van der Waals surface area contributed by atoms with Gasteiger partial charge in [-0.05, 0) is 61.2 Å². The lowest BCUT2D eigenvalue weighted by atomic mass is 10.0. The van der Waals surface area contributed by atoms with Crippen molar-refractivity contribution in [2.45, 2.75) is 31.8 Å². The first-order chi connectivity index (χ1) is 15.2. The number of pyridine rings is 1. The Bertz CT molecular complexity index is 1360. The quantitative estimate of drug-likeness (QED) is 0.531. The second-order valence-electron chi connectivity index (χ2n) is 7.99. The van der Waals surface area contributed by atoms with Gasteiger partial charge in [-0.15, -0.1) is 0 Å². The van der Waals surface area contributed by atoms with Crippen LogP contribution in [0.4, 0.5) is 16.0 Å². The zero-order chi connectivity index (χ0) is 20.9. The molecule has 8 nitrogen and oxygen atoms in total. The second kappa shape index (κ2) is 6.98. The SMILES string of the molecule is O=c1c2cnc(Nc3ccc4c(c3)CCNC4)nc2n(-c2ccc(F)cn2)n1C1CC1. The molecule has 4 aromatic rings. The van der Waals surface area contributed by atoms with Gasteiger partial charge in [-0.2, -0.15) is 4.98 Å². The maximum absolute atomic E-state index is 13.4. The molecule has 2 N–H and O–H groups in total. The van der Waals surface area contributed by atoms with Crippen molar-refractivity contribution in [1.29, 1.82) is 0 Å². The van der Waals surface area contributed by atoms with Gasteiger partial charge in [0.25, 0.3) is 5.56 Å². The van der Waals surface area contributed by atoms with Crippen molar-refractivity contribution in [2.24, 2.45) is 0 Å². The molecule has 0 spiro atoms. The smallest absolute Gasteiger partial charge is 0.278 e. The average molecular weight is 417 g/mol. The molecule has 1 aliphatic heterocycles. The molecule has 4 heterocycles. The number of hydrogen-bond donors (Lipinski definition) is 2. The van der Waals surface area contributed by atoms with Crippen LogP contribution in [0.1, 0.15) is 30.0 Å². The molecule has 0 unspecified atom stereocenters. The summed E-state index contributed by atoms with van der Waals surface area (Å²) < 4.78 is 16.8. The molecular formula is C22H20FN7O. The number of fused-ring (bicyclic) bond motifs is 2. The van der Waals surface area contributed by atoms with Gasteiger partial charge in [0.1, 0.15) is 11.2 Å². The van der Waals surface area contributed by atoms with Crippen LogP contribution < -0.4 is 16.2 Å². The molecule has 0 atom stereocenters. The first-order valence-corrected chi connectivity index (χ1v) is 10.4. The molecule has 1 aliphatic carbocycles. The molecule has 0 radical (unpaired) electrons. The Labute approximate surface area is 176 Å². The van der Waals surface area contributed by atoms with Crippen LogP contribution in [0.5, 0.6) is 0 Å². The summed E-state index contributed by atoms with van der Waals surface area (Å²) in [7, 11) is 0. The average Bonchev–Trinajstić information content (AvgIpc) is 3.59. The zero-order valence-corrected chi connectivity index (χ0v) is 16.7. The van der Waals surface area contributed by atoms with Crippen LogP contribution in [0, 0.1) is 5.82 Å². The van der Waals surface area contributed by atoms with Gasteiger partial charge in [-0.25, -0.2) is 23.7 Å². The standard InChI is InChI=1S/C22H20FN7O/c23-15-2-6-19(25-11-15)30-20-18(21(31)29(30)17-4-5-17)12-26-22(28-20)27-16-3-1-14-10-24-8-7-13(14)9-16/h1-3,6,9,11-12,17,24H,4-5,7-8,10H2,(H,26,27,28). The van der Waals surface area contributed by atoms with E-state index in [4.69, 9.17) is 0 Å². The third-order valence-electron chi connectivity index (χ3n) is 5.79. The highest BCUT2D eigenvalue weighted by molar-refractivity contribution is 5.77. The van der Waals surface area contributed by atoms with E-state index >= 15 is 0 Å². The van der Waals surface area contributed by atoms with Gasteiger partial charge in [-0.1, -0.05) is 6.07 Å². The van der Waals surface area contributed by atoms with Gasteiger partial charge < -0.3 is 10.6 Å². The summed E-state index contributed by atoms with van der Waals surface area (Å²) in [6.07, 6.45) is 5.50. The molecule has 0 amide bonds. The van der Waals surface area contributed by atoms with Crippen molar-refractivity contribution in [3.63, 3.8) is 0 Å². The molecule has 0 saturated heterocycles. The van der Waals surface area contributed by atoms with E-state index in [2.05, 4.69) is 37.7 Å². The number of aromatic nitrogens is 5. The summed E-state index contributed by atoms with van der Waals surface area (Å²) in [6, 6.07) is 9.21. The number of benzene rings is 1. The van der Waals surface area contributed by atoms with E-state index in [-0.39, 0.29) is 11.6 Å². The Kier molecular flexibility index (Phi) is 4.10. The highest BCUT2D eigenvalue weighted by atomic mass is 19.1. The Morgan fingerprint density at radius 2 is 2.00 bits per heavy atom. The Balaban J connectivity index is 1.45. The van der Waals surface area contributed by atoms with Gasteiger partial charge in [0.05, 0.1) is 12.2 Å². The fraction of sp³-hybridized carbons (Fsp3) is 0.273. The molecule has 6 rings (SSSR count). The van der Waals surface area contributed by atoms with Gasteiger partial charge in [0.2, 0.25) is 5.95 Å². The number of rotatable bonds is 4. The van der Waals surface area contributed by atoms with Gasteiger partial charge >= 0.3 is 0 Å². The van der Waals surface area contributed by atoms with Gasteiger partial charge in [-0.3, -0.25) is 4.79 Å². The zero-order valence-electron chi connectivity index (χ0n) is 16.7. The number of nitrogens with one attached hydrogen (secondary N) is 2. The van der Waals surface area contributed by atoms with E-state index in [0.717, 1.165) is 44.2 Å². The summed E-state index contributed by atoms with van der Waals surface area (Å²) in [6.45, 7) is 1.84. The molecule has 1 aromatic carbocycles. The second-order valence-corrected chi connectivity index (χ2v) is 7.99. The first kappa shape index (κ1) is 18.2. The summed E-state index contributed by atoms with van der Waals surface area (Å²) >= 11 is 0. The predicted molar refractivity (Wildman–Crippen MR) is 114 cm³/mol. The van der Waals surface area contributed by atoms with Crippen LogP contribution in [0.3, 0.4) is 0 Å². The molecule has 9 heteroatoms. The summed E-state index contributed by atoms with van der Waals surface area (Å²) in [5.74, 6) is 0.414. The molecule has 3 aromatic heterocycles. The van der Waals surface area contributed by atoms with E-state index in [1.54, 1.807) is 21.6 Å². The number of anilines is 2. The number of hydrogen-bond acceptors (Lipinski definition) is 6. The van der Waals surface area contributed by atoms with Crippen LogP contribution in [-0.2, 0) is 13.0 Å². The lowest BCUT2D eigenvalue weighted by Gasteiger charge is -2.18. The third-order valence-corrected chi connectivity index (χ3v) is 5.79. The van der Waals surface area contributed by atoms with Crippen molar-refractivity contribution in [1.82, 2.24) is 29.6 Å². The minimum Gasteiger partial charge on any atom is -0.324 e. The van der Waals surface area contributed by atoms with Crippen LogP contribution in [0.15, 0.2) is 47.5 Å². The lowest BCUT2D eigenvalue weighted by molar-refractivity contribution is 0.550. The molecule has 156 valence electrons. The molecule has 1 saturated carbocycles. The van der Waals surface area contributed by atoms with Crippen LogP contribution >= 0.6 is 0 Å². The Morgan fingerprint density at radius 3 is 2.81 bits per heavy atom. The van der Waals surface area contributed by atoms with E-state index < -0.39 is 5.82 Å². The highest BCUT2D eigenvalue weighted by Crippen LogP contribution is 2.35. The van der Waals surface area contributed by atoms with Crippen LogP contribution in [-0.4, -0.2) is 30.9 Å². The summed E-state index contributed by atoms with van der Waals surface area (Å²) in [5.41, 5.74) is 3.80. The van der Waals surface area contributed by atoms with E-state index in [1.807, 2.05) is 6.07 Å². The molecular weight excluding hydrogens is 397 g/mol. The molecule has 0 bridgehead atoms. The van der Waals surface area contributed by atoms with Gasteiger partial charge in [0.15, 0.2) is 11.5 Å². The van der Waals surface area contributed by atoms with E-state index in [9.17, 15) is 9.18 Å². The summed E-state index contributed by atoms with van der Waals surface area (Å²) in [4.78, 5) is 26.2. The fourth-order valence-corrected chi connectivity index (χ4v) is 4.11. The minimum atomic E-state index is -0.430. The van der Waals surface area contributed by atoms with Gasteiger partial charge in [0, 0.05) is 18.4 Å². The maximum atomic E-state index is 13.4. The van der Waals surface area contributed by atoms with Crippen molar-refractivity contribution in [2.75, 3.05) is 11.9 Å². The largest absolute Gasteiger partial charge is 0.324 e. The van der Waals surface area contributed by atoms with Crippen LogP contribution in [0.25, 0.3) is 16.9 Å². The van der Waals surface area contributed by atoms with Crippen molar-refractivity contribution in [3.8, 4) is 5.82 Å². The predicted octanol–water partition coefficient (Wildman–Crippen LogP) is 2.84. The number of halogens is 1. The first-order valence-electron chi connectivity index (χ1n) is 10.4. The Morgan fingerprint density at radius 1 is 1.10 bits per heavy atom. The third kappa shape index (κ3) is 3.17. The molecule has 31 heavy (non-hydrogen) atoms. The summed E-state index contributed by atoms with van der Waals surface area (Å²) in [5, 5.41) is 7.04. The molecule has 2 aliphatic rings. The highest BCUT2D eigenvalue weighted by Gasteiger charge is 2.31. The molecule has 1 fully saturated rings. The monoisotopic (exact) mass is 417 g/mol. The van der Waals surface area contributed by atoms with Crippen molar-refractivity contribution < 1.29 is 4.39 Å².